The molecule has 1 rings (SSSR count). The maximum atomic E-state index is 3.82. The van der Waals surface area contributed by atoms with Crippen LogP contribution in [0, 0.1) is 0 Å². The largest absolute Gasteiger partial charge is 0.198 e. The van der Waals surface area contributed by atoms with Crippen molar-refractivity contribution in [3.63, 3.8) is 0 Å². The molecule has 0 N–H and O–H groups in total. The van der Waals surface area contributed by atoms with Crippen LogP contribution < -0.4 is 4.57 Å². The molecule has 0 aliphatic heterocycles. The van der Waals surface area contributed by atoms with Crippen LogP contribution in [0.3, 0.4) is 0 Å². The smallest absolute Gasteiger partial charge is 0.181 e. The van der Waals surface area contributed by atoms with Gasteiger partial charge in [0, 0.05) is 18.6 Å². The van der Waals surface area contributed by atoms with E-state index in [1.54, 1.807) is 0 Å². The molecule has 1 aromatic heterocycles. The maximum Gasteiger partial charge on any atom is 0.181 e. The van der Waals surface area contributed by atoms with Crippen LogP contribution in [0.2, 0.25) is 0 Å². The highest BCUT2D eigenvalue weighted by Crippen LogP contribution is 2.01. The molecular weight excluding hydrogens is 214 g/mol. The summed E-state index contributed by atoms with van der Waals surface area (Å²) in [5.41, 5.74) is 1.33. The van der Waals surface area contributed by atoms with E-state index in [1.165, 1.54) is 5.69 Å². The number of rotatable bonds is 3. The lowest BCUT2D eigenvalue weighted by molar-refractivity contribution is -0.694. The molecule has 0 atom stereocenters. The van der Waals surface area contributed by atoms with Gasteiger partial charge >= 0.3 is 0 Å². The van der Waals surface area contributed by atoms with Gasteiger partial charge in [-0.2, -0.15) is 4.57 Å². The zero-order chi connectivity index (χ0) is 8.97. The Kier molecular flexibility index (Phi) is 3.48. The summed E-state index contributed by atoms with van der Waals surface area (Å²) in [6, 6.07) is 6.23. The number of aryl methyl sites for hydroxylation is 1. The van der Waals surface area contributed by atoms with Crippen molar-refractivity contribution in [2.75, 3.05) is 0 Å². The van der Waals surface area contributed by atoms with Gasteiger partial charge in [-0.15, -0.1) is 0 Å². The first kappa shape index (κ1) is 9.46. The number of halogens is 1. The summed E-state index contributed by atoms with van der Waals surface area (Å²) in [7, 11) is 0. The molecule has 0 amide bonds. The van der Waals surface area contributed by atoms with Gasteiger partial charge in [0.1, 0.15) is 0 Å². The highest BCUT2D eigenvalue weighted by atomic mass is 79.9. The van der Waals surface area contributed by atoms with Gasteiger partial charge in [0.05, 0.1) is 4.48 Å². The van der Waals surface area contributed by atoms with E-state index in [0.717, 1.165) is 17.4 Å². The van der Waals surface area contributed by atoms with Gasteiger partial charge in [0.15, 0.2) is 18.4 Å². The third-order valence-electron chi connectivity index (χ3n) is 1.74. The van der Waals surface area contributed by atoms with Gasteiger partial charge in [0.25, 0.3) is 0 Å². The van der Waals surface area contributed by atoms with Crippen molar-refractivity contribution in [3.8, 4) is 0 Å². The fourth-order valence-corrected chi connectivity index (χ4v) is 1.44. The fourth-order valence-electron chi connectivity index (χ4n) is 1.17. The molecule has 1 nitrogen and oxygen atoms in total. The molecule has 12 heavy (non-hydrogen) atoms. The Hall–Kier alpha value is -0.630. The highest BCUT2D eigenvalue weighted by Gasteiger charge is 2.06. The van der Waals surface area contributed by atoms with Crippen molar-refractivity contribution in [2.45, 2.75) is 19.9 Å². The Morgan fingerprint density at radius 1 is 1.58 bits per heavy atom. The molecule has 0 unspecified atom stereocenters. The van der Waals surface area contributed by atoms with E-state index >= 15 is 0 Å². The SMILES string of the molecule is C=C(Br)C[n+]1ccccc1CC. The monoisotopic (exact) mass is 226 g/mol. The number of aromatic nitrogens is 1. The van der Waals surface area contributed by atoms with E-state index < -0.39 is 0 Å². The first-order valence-corrected chi connectivity index (χ1v) is 4.84. The quantitative estimate of drug-likeness (QED) is 0.698. The second-order valence-electron chi connectivity index (χ2n) is 2.69. The van der Waals surface area contributed by atoms with E-state index in [9.17, 15) is 0 Å². The van der Waals surface area contributed by atoms with Crippen molar-refractivity contribution in [1.29, 1.82) is 0 Å². The van der Waals surface area contributed by atoms with Crippen LogP contribution in [0.15, 0.2) is 35.5 Å². The van der Waals surface area contributed by atoms with E-state index in [4.69, 9.17) is 0 Å². The summed E-state index contributed by atoms with van der Waals surface area (Å²) < 4.78 is 3.20. The standard InChI is InChI=1S/C10H13BrN/c1-3-10-6-4-5-7-12(10)8-9(2)11/h4-7H,2-3,8H2,1H3/q+1. The minimum Gasteiger partial charge on any atom is -0.198 e. The number of hydrogen-bond donors (Lipinski definition) is 0. The number of nitrogens with zero attached hydrogens (tertiary/aromatic N) is 1. The van der Waals surface area contributed by atoms with Crippen LogP contribution in [-0.4, -0.2) is 0 Å². The molecule has 2 heteroatoms. The summed E-state index contributed by atoms with van der Waals surface area (Å²) in [5.74, 6) is 0. The van der Waals surface area contributed by atoms with Gasteiger partial charge in [-0.25, -0.2) is 0 Å². The van der Waals surface area contributed by atoms with Crippen LogP contribution in [0.1, 0.15) is 12.6 Å². The first-order valence-electron chi connectivity index (χ1n) is 4.04. The molecule has 0 spiro atoms. The third kappa shape index (κ3) is 2.45. The van der Waals surface area contributed by atoms with Crippen LogP contribution in [0.5, 0.6) is 0 Å². The summed E-state index contributed by atoms with van der Waals surface area (Å²) in [6.45, 7) is 6.83. The van der Waals surface area contributed by atoms with Crippen LogP contribution in [0.4, 0.5) is 0 Å². The maximum absolute atomic E-state index is 3.82. The van der Waals surface area contributed by atoms with Crippen molar-refractivity contribution in [3.05, 3.63) is 41.2 Å². The van der Waals surface area contributed by atoms with E-state index in [2.05, 4.69) is 52.3 Å². The van der Waals surface area contributed by atoms with Crippen LogP contribution >= 0.6 is 15.9 Å². The Morgan fingerprint density at radius 3 is 2.92 bits per heavy atom. The van der Waals surface area contributed by atoms with E-state index in [1.807, 2.05) is 6.07 Å². The predicted octanol–water partition coefficient (Wildman–Crippen LogP) is 2.45. The Balaban J connectivity index is 2.89. The molecule has 1 aromatic rings. The topological polar surface area (TPSA) is 3.88 Å². The highest BCUT2D eigenvalue weighted by molar-refractivity contribution is 9.11. The fraction of sp³-hybridized carbons (Fsp3) is 0.300. The van der Waals surface area contributed by atoms with E-state index in [-0.39, 0.29) is 0 Å². The molecule has 0 fully saturated rings. The van der Waals surface area contributed by atoms with E-state index in [0.29, 0.717) is 0 Å². The van der Waals surface area contributed by atoms with Crippen molar-refractivity contribution in [2.24, 2.45) is 0 Å². The molecule has 1 heterocycles. The molecule has 64 valence electrons. The molecule has 0 bridgehead atoms. The summed E-state index contributed by atoms with van der Waals surface area (Å²) >= 11 is 3.36. The van der Waals surface area contributed by atoms with Gasteiger partial charge < -0.3 is 0 Å². The average molecular weight is 227 g/mol. The number of allylic oxidation sites excluding steroid dienone is 1. The zero-order valence-corrected chi connectivity index (χ0v) is 8.84. The second-order valence-corrected chi connectivity index (χ2v) is 3.81. The summed E-state index contributed by atoms with van der Waals surface area (Å²) in [6.07, 6.45) is 3.13. The number of pyridine rings is 1. The lowest BCUT2D eigenvalue weighted by Gasteiger charge is -1.99. The van der Waals surface area contributed by atoms with Crippen LogP contribution in [0.25, 0.3) is 0 Å². The molecule has 0 saturated heterocycles. The molecule has 0 saturated carbocycles. The Labute approximate surface area is 81.9 Å². The molecule has 0 radical (unpaired) electrons. The van der Waals surface area contributed by atoms with Crippen molar-refractivity contribution < 1.29 is 4.57 Å². The van der Waals surface area contributed by atoms with Gasteiger partial charge in [0.2, 0.25) is 0 Å². The first-order chi connectivity index (χ1) is 5.74. The number of hydrogen-bond acceptors (Lipinski definition) is 0. The third-order valence-corrected chi connectivity index (χ3v) is 1.99. The zero-order valence-electron chi connectivity index (χ0n) is 7.26. The van der Waals surface area contributed by atoms with Crippen LogP contribution in [-0.2, 0) is 13.0 Å². The normalized spacial score (nSPS) is 9.83. The lowest BCUT2D eigenvalue weighted by Crippen LogP contribution is -2.37. The minimum atomic E-state index is 0.851. The molecule has 0 aromatic carbocycles. The summed E-state index contributed by atoms with van der Waals surface area (Å²) in [4.78, 5) is 0. The Morgan fingerprint density at radius 2 is 2.33 bits per heavy atom. The van der Waals surface area contributed by atoms with Crippen molar-refractivity contribution in [1.82, 2.24) is 0 Å². The Bertz CT molecular complexity index is 281. The molecular formula is C10H13BrN+. The second kappa shape index (κ2) is 4.41. The summed E-state index contributed by atoms with van der Waals surface area (Å²) in [5, 5.41) is 0. The minimum absolute atomic E-state index is 0.851. The van der Waals surface area contributed by atoms with Crippen molar-refractivity contribution >= 4 is 15.9 Å². The molecule has 0 aliphatic carbocycles. The average Bonchev–Trinajstić information content (AvgIpc) is 2.04. The van der Waals surface area contributed by atoms with Gasteiger partial charge in [-0.1, -0.05) is 19.6 Å². The van der Waals surface area contributed by atoms with Gasteiger partial charge in [-0.3, -0.25) is 0 Å². The predicted molar refractivity (Wildman–Crippen MR) is 54.1 cm³/mol. The molecule has 0 aliphatic rings. The van der Waals surface area contributed by atoms with Gasteiger partial charge in [-0.05, 0) is 15.9 Å². The lowest BCUT2D eigenvalue weighted by atomic mass is 10.3.